The highest BCUT2D eigenvalue weighted by molar-refractivity contribution is 6.84. The lowest BCUT2D eigenvalue weighted by molar-refractivity contribution is 0.479. The number of para-hydroxylation sites is 5. The summed E-state index contributed by atoms with van der Waals surface area (Å²) in [5.74, 6) is 2.52. The summed E-state index contributed by atoms with van der Waals surface area (Å²) in [5, 5.41) is 4.97. The zero-order valence-electron chi connectivity index (χ0n) is 28.5. The fourth-order valence-corrected chi connectivity index (χ4v) is 8.93. The Balaban J connectivity index is 0.997. The second kappa shape index (κ2) is 10.8. The smallest absolute Gasteiger partial charge is 0.434 e. The minimum atomic E-state index is -0.299. The van der Waals surface area contributed by atoms with Crippen molar-refractivity contribution in [1.82, 2.24) is 9.13 Å². The highest BCUT2D eigenvalue weighted by Gasteiger charge is 2.41. The zero-order chi connectivity index (χ0) is 34.6. The largest absolute Gasteiger partial charge is 0.551 e. The number of fused-ring (bicyclic) bond motifs is 10. The molecule has 0 unspecified atom stereocenters. The maximum Gasteiger partial charge on any atom is 0.434 e. The lowest BCUT2D eigenvalue weighted by Gasteiger charge is -2.33. The van der Waals surface area contributed by atoms with Crippen LogP contribution in [-0.4, -0.2) is 16.0 Å². The van der Waals surface area contributed by atoms with Crippen LogP contribution >= 0.6 is 0 Å². The number of rotatable bonds is 3. The molecule has 0 spiro atoms. The molecule has 0 radical (unpaired) electrons. The highest BCUT2D eigenvalue weighted by Crippen LogP contribution is 2.43. The molecule has 4 heterocycles. The van der Waals surface area contributed by atoms with Crippen molar-refractivity contribution in [2.45, 2.75) is 0 Å². The number of aromatic nitrogens is 2. The third-order valence-electron chi connectivity index (χ3n) is 11.2. The van der Waals surface area contributed by atoms with Gasteiger partial charge in [-0.3, -0.25) is 0 Å². The Morgan fingerprint density at radius 2 is 0.981 bits per heavy atom. The predicted octanol–water partition coefficient (Wildman–Crippen LogP) is 10.8. The lowest BCUT2D eigenvalue weighted by Crippen LogP contribution is -2.53. The van der Waals surface area contributed by atoms with E-state index >= 15 is 0 Å². The van der Waals surface area contributed by atoms with Crippen molar-refractivity contribution in [3.63, 3.8) is 0 Å². The Labute approximate surface area is 305 Å². The Morgan fingerprint density at radius 1 is 0.396 bits per heavy atom. The van der Waals surface area contributed by atoms with Crippen LogP contribution in [0.4, 0.5) is 0 Å². The molecule has 2 aliphatic heterocycles. The molecule has 53 heavy (non-hydrogen) atoms. The fourth-order valence-electron chi connectivity index (χ4n) is 8.93. The molecule has 0 saturated carbocycles. The van der Waals surface area contributed by atoms with E-state index in [1.165, 1.54) is 43.6 Å². The van der Waals surface area contributed by atoms with Crippen LogP contribution in [0.15, 0.2) is 176 Å². The van der Waals surface area contributed by atoms with Gasteiger partial charge >= 0.3 is 6.92 Å². The average molecular weight is 677 g/mol. The van der Waals surface area contributed by atoms with Gasteiger partial charge in [-0.1, -0.05) is 121 Å². The van der Waals surface area contributed by atoms with Crippen LogP contribution in [0.5, 0.6) is 17.2 Å². The van der Waals surface area contributed by atoms with Crippen molar-refractivity contribution >= 4 is 61.5 Å². The van der Waals surface area contributed by atoms with Gasteiger partial charge < -0.3 is 18.5 Å². The van der Waals surface area contributed by atoms with Gasteiger partial charge in [-0.2, -0.15) is 0 Å². The quantitative estimate of drug-likeness (QED) is 0.174. The van der Waals surface area contributed by atoms with Crippen LogP contribution in [0.3, 0.4) is 0 Å². The Kier molecular flexibility index (Phi) is 5.83. The summed E-state index contributed by atoms with van der Waals surface area (Å²) < 4.78 is 18.5. The first kappa shape index (κ1) is 28.7. The van der Waals surface area contributed by atoms with Crippen LogP contribution < -0.4 is 20.3 Å². The van der Waals surface area contributed by atoms with Crippen molar-refractivity contribution in [3.05, 3.63) is 176 Å². The molecular formula is C48H29BN2O2. The average Bonchev–Trinajstić information content (AvgIpc) is 3.74. The third-order valence-corrected chi connectivity index (χ3v) is 11.2. The van der Waals surface area contributed by atoms with Gasteiger partial charge in [0.25, 0.3) is 0 Å². The first-order chi connectivity index (χ1) is 26.3. The van der Waals surface area contributed by atoms with Gasteiger partial charge in [0, 0.05) is 55.4 Å². The van der Waals surface area contributed by atoms with Crippen molar-refractivity contribution < 1.29 is 9.39 Å². The minimum absolute atomic E-state index is 0.299. The molecule has 5 heteroatoms. The van der Waals surface area contributed by atoms with Gasteiger partial charge in [-0.15, -0.1) is 0 Å². The van der Waals surface area contributed by atoms with E-state index in [9.17, 15) is 0 Å². The first-order valence-electron chi connectivity index (χ1n) is 18.1. The van der Waals surface area contributed by atoms with E-state index in [-0.39, 0.29) is 6.92 Å². The summed E-state index contributed by atoms with van der Waals surface area (Å²) in [6.45, 7) is -0.299. The monoisotopic (exact) mass is 676 g/mol. The Morgan fingerprint density at radius 3 is 1.66 bits per heavy atom. The van der Waals surface area contributed by atoms with Gasteiger partial charge in [0.15, 0.2) is 0 Å². The number of nitrogens with zero attached hydrogens (tertiary/aromatic N) is 2. The summed E-state index contributed by atoms with van der Waals surface area (Å²) in [6.07, 6.45) is 0. The summed E-state index contributed by atoms with van der Waals surface area (Å²) in [4.78, 5) is 0. The summed E-state index contributed by atoms with van der Waals surface area (Å²) in [6, 6.07) is 62.8. The molecule has 0 saturated heterocycles. The molecule has 0 bridgehead atoms. The maximum atomic E-state index is 7.08. The van der Waals surface area contributed by atoms with Crippen LogP contribution in [0.2, 0.25) is 0 Å². The van der Waals surface area contributed by atoms with Crippen molar-refractivity contribution in [1.29, 1.82) is 0 Å². The summed E-state index contributed by atoms with van der Waals surface area (Å²) in [7, 11) is 0. The summed E-state index contributed by atoms with van der Waals surface area (Å²) >= 11 is 0. The van der Waals surface area contributed by atoms with Gasteiger partial charge in [-0.05, 0) is 59.7 Å². The predicted molar refractivity (Wildman–Crippen MR) is 218 cm³/mol. The number of ether oxygens (including phenoxy) is 1. The number of hydrogen-bond donors (Lipinski definition) is 0. The molecule has 8 aromatic carbocycles. The molecule has 4 nitrogen and oxygen atoms in total. The van der Waals surface area contributed by atoms with E-state index in [1.54, 1.807) is 0 Å². The van der Waals surface area contributed by atoms with Gasteiger partial charge in [0.2, 0.25) is 0 Å². The molecule has 10 aromatic rings. The fraction of sp³-hybridized carbons (Fsp3) is 0. The van der Waals surface area contributed by atoms with E-state index in [4.69, 9.17) is 9.39 Å². The van der Waals surface area contributed by atoms with Crippen LogP contribution in [0.1, 0.15) is 0 Å². The van der Waals surface area contributed by atoms with Crippen molar-refractivity contribution in [2.75, 3.05) is 0 Å². The van der Waals surface area contributed by atoms with E-state index in [0.29, 0.717) is 0 Å². The number of hydrogen-bond acceptors (Lipinski definition) is 2. The van der Waals surface area contributed by atoms with Crippen molar-refractivity contribution in [3.8, 4) is 50.9 Å². The lowest BCUT2D eigenvalue weighted by atomic mass is 9.51. The first-order valence-corrected chi connectivity index (χ1v) is 18.1. The van der Waals surface area contributed by atoms with Crippen LogP contribution in [0.25, 0.3) is 77.2 Å². The normalized spacial score (nSPS) is 12.8. The second-order valence-electron chi connectivity index (χ2n) is 14.0. The van der Waals surface area contributed by atoms with E-state index in [2.05, 4.69) is 185 Å². The van der Waals surface area contributed by atoms with E-state index in [0.717, 1.165) is 61.8 Å². The molecule has 2 aromatic heterocycles. The SMILES string of the molecule is c1ccc(-n2c3ccccc3c3ccccc32)c(-c2ccc3c(c2)OB2c4ccc(-n5c6ccccc6c6ccccc65)cc4Oc4cccc-3c42)c1. The second-order valence-corrected chi connectivity index (χ2v) is 14.0. The maximum absolute atomic E-state index is 7.08. The Hall–Kier alpha value is -6.98. The zero-order valence-corrected chi connectivity index (χ0v) is 28.5. The van der Waals surface area contributed by atoms with Crippen molar-refractivity contribution in [2.24, 2.45) is 0 Å². The molecule has 0 atom stereocenters. The molecule has 0 N–H and O–H groups in total. The standard InChI is InChI=1S/C48H29BN2O2/c1-6-18-40(51-43-21-9-4-15-35(43)36-16-5-10-22-44(36)51)32(12-1)30-24-26-37-38-17-11-23-45-48(38)49(53-46(37)28-30)39-27-25-31(29-47(39)52-45)50-41-19-7-2-13-33(41)34-14-3-8-20-42(34)50/h1-29H. The topological polar surface area (TPSA) is 28.3 Å². The van der Waals surface area contributed by atoms with E-state index < -0.39 is 0 Å². The summed E-state index contributed by atoms with van der Waals surface area (Å²) in [5.41, 5.74) is 13.5. The molecule has 12 rings (SSSR count). The molecule has 246 valence electrons. The van der Waals surface area contributed by atoms with Crippen LogP contribution in [0, 0.1) is 0 Å². The minimum Gasteiger partial charge on any atom is -0.551 e. The molecular weight excluding hydrogens is 647 g/mol. The van der Waals surface area contributed by atoms with Gasteiger partial charge in [0.05, 0.1) is 27.8 Å². The molecule has 0 fully saturated rings. The molecule has 0 amide bonds. The molecule has 0 aliphatic carbocycles. The highest BCUT2D eigenvalue weighted by atomic mass is 16.5. The Bertz CT molecular complexity index is 3050. The number of benzene rings is 8. The van der Waals surface area contributed by atoms with Gasteiger partial charge in [-0.25, -0.2) is 0 Å². The van der Waals surface area contributed by atoms with E-state index in [1.807, 2.05) is 0 Å². The van der Waals surface area contributed by atoms with Crippen LogP contribution in [-0.2, 0) is 0 Å². The molecule has 2 aliphatic rings. The van der Waals surface area contributed by atoms with Gasteiger partial charge in [0.1, 0.15) is 17.2 Å². The third kappa shape index (κ3) is 4.02.